The fourth-order valence-electron chi connectivity index (χ4n) is 1.92. The van der Waals surface area contributed by atoms with Crippen molar-refractivity contribution in [3.05, 3.63) is 47.8 Å². The summed E-state index contributed by atoms with van der Waals surface area (Å²) in [5.41, 5.74) is 0.817. The fourth-order valence-corrected chi connectivity index (χ4v) is 1.92. The minimum absolute atomic E-state index is 0.195. The van der Waals surface area contributed by atoms with Crippen LogP contribution in [0.1, 0.15) is 5.56 Å². The number of rotatable bonds is 0. The average Bonchev–Trinajstić information content (AvgIpc) is 2.30. The molecule has 1 aliphatic heterocycles. The van der Waals surface area contributed by atoms with E-state index in [1.54, 1.807) is 6.07 Å². The standard InChI is InChI=1S/C13H9FO/c14-12-8-9-4-3-7-15-13(9)11-6-2-1-5-10(11)12/h1-6,8H,7H2. The molecule has 0 unspecified atom stereocenters. The van der Waals surface area contributed by atoms with Crippen molar-refractivity contribution in [3.63, 3.8) is 0 Å². The van der Waals surface area contributed by atoms with Gasteiger partial charge in [-0.15, -0.1) is 0 Å². The Balaban J connectivity index is 2.45. The molecule has 0 aromatic heterocycles. The molecule has 0 atom stereocenters. The molecule has 0 amide bonds. The van der Waals surface area contributed by atoms with Crippen LogP contribution in [0.15, 0.2) is 36.4 Å². The van der Waals surface area contributed by atoms with E-state index >= 15 is 0 Å². The molecular weight excluding hydrogens is 191 g/mol. The summed E-state index contributed by atoms with van der Waals surface area (Å²) < 4.78 is 19.2. The van der Waals surface area contributed by atoms with E-state index in [1.807, 2.05) is 30.4 Å². The Kier molecular flexibility index (Phi) is 1.75. The van der Waals surface area contributed by atoms with Gasteiger partial charge in [-0.1, -0.05) is 30.3 Å². The van der Waals surface area contributed by atoms with Crippen LogP contribution in [-0.4, -0.2) is 6.61 Å². The molecule has 1 aliphatic rings. The predicted molar refractivity (Wildman–Crippen MR) is 58.4 cm³/mol. The molecule has 0 fully saturated rings. The molecular formula is C13H9FO. The second-order valence-electron chi connectivity index (χ2n) is 3.54. The van der Waals surface area contributed by atoms with Gasteiger partial charge in [-0.3, -0.25) is 0 Å². The maximum absolute atomic E-state index is 13.7. The molecule has 0 N–H and O–H groups in total. The predicted octanol–water partition coefficient (Wildman–Crippen LogP) is 3.38. The summed E-state index contributed by atoms with van der Waals surface area (Å²) >= 11 is 0. The number of hydrogen-bond donors (Lipinski definition) is 0. The molecule has 0 aliphatic carbocycles. The van der Waals surface area contributed by atoms with Gasteiger partial charge in [-0.25, -0.2) is 4.39 Å². The molecule has 1 nitrogen and oxygen atoms in total. The monoisotopic (exact) mass is 200 g/mol. The van der Waals surface area contributed by atoms with Gasteiger partial charge in [-0.05, 0) is 12.1 Å². The van der Waals surface area contributed by atoms with E-state index in [9.17, 15) is 4.39 Å². The third kappa shape index (κ3) is 1.22. The Bertz CT molecular complexity index is 558. The molecule has 0 saturated carbocycles. The second kappa shape index (κ2) is 3.09. The van der Waals surface area contributed by atoms with E-state index < -0.39 is 0 Å². The van der Waals surface area contributed by atoms with Crippen molar-refractivity contribution in [1.29, 1.82) is 0 Å². The van der Waals surface area contributed by atoms with E-state index in [0.717, 1.165) is 16.7 Å². The molecule has 15 heavy (non-hydrogen) atoms. The SMILES string of the molecule is Fc1cc2c(c3ccccc13)OCC=C2. The molecule has 2 aromatic carbocycles. The Morgan fingerprint density at radius 2 is 1.93 bits per heavy atom. The number of fused-ring (bicyclic) bond motifs is 3. The van der Waals surface area contributed by atoms with E-state index in [1.165, 1.54) is 6.07 Å². The Morgan fingerprint density at radius 1 is 1.13 bits per heavy atom. The highest BCUT2D eigenvalue weighted by atomic mass is 19.1. The van der Waals surface area contributed by atoms with Gasteiger partial charge in [-0.2, -0.15) is 0 Å². The number of hydrogen-bond acceptors (Lipinski definition) is 1. The average molecular weight is 200 g/mol. The van der Waals surface area contributed by atoms with Gasteiger partial charge in [0.25, 0.3) is 0 Å². The lowest BCUT2D eigenvalue weighted by Gasteiger charge is -2.15. The molecule has 0 bridgehead atoms. The minimum Gasteiger partial charge on any atom is -0.488 e. The summed E-state index contributed by atoms with van der Waals surface area (Å²) in [7, 11) is 0. The lowest BCUT2D eigenvalue weighted by molar-refractivity contribution is 0.362. The number of ether oxygens (including phenoxy) is 1. The first-order valence-electron chi connectivity index (χ1n) is 4.87. The summed E-state index contributed by atoms with van der Waals surface area (Å²) in [4.78, 5) is 0. The first kappa shape index (κ1) is 8.48. The summed E-state index contributed by atoms with van der Waals surface area (Å²) in [5.74, 6) is 0.592. The largest absolute Gasteiger partial charge is 0.488 e. The maximum Gasteiger partial charge on any atom is 0.135 e. The lowest BCUT2D eigenvalue weighted by atomic mass is 10.0. The van der Waals surface area contributed by atoms with Gasteiger partial charge in [0.05, 0.1) is 0 Å². The van der Waals surface area contributed by atoms with Crippen LogP contribution < -0.4 is 4.74 Å². The molecule has 2 heteroatoms. The van der Waals surface area contributed by atoms with Crippen molar-refractivity contribution in [2.45, 2.75) is 0 Å². The van der Waals surface area contributed by atoms with Gasteiger partial charge >= 0.3 is 0 Å². The molecule has 2 aromatic rings. The Hall–Kier alpha value is -1.83. The number of benzene rings is 2. The zero-order valence-electron chi connectivity index (χ0n) is 8.03. The van der Waals surface area contributed by atoms with Crippen LogP contribution in [0, 0.1) is 5.82 Å². The van der Waals surface area contributed by atoms with Crippen molar-refractivity contribution in [2.75, 3.05) is 6.61 Å². The molecule has 3 rings (SSSR count). The van der Waals surface area contributed by atoms with Gasteiger partial charge in [0.15, 0.2) is 0 Å². The topological polar surface area (TPSA) is 9.23 Å². The highest BCUT2D eigenvalue weighted by Crippen LogP contribution is 2.34. The van der Waals surface area contributed by atoms with Crippen LogP contribution in [0.25, 0.3) is 16.8 Å². The lowest BCUT2D eigenvalue weighted by Crippen LogP contribution is -2.01. The van der Waals surface area contributed by atoms with Crippen molar-refractivity contribution in [1.82, 2.24) is 0 Å². The number of halogens is 1. The van der Waals surface area contributed by atoms with Crippen molar-refractivity contribution < 1.29 is 9.13 Å². The summed E-state index contributed by atoms with van der Waals surface area (Å²) in [5, 5.41) is 1.46. The summed E-state index contributed by atoms with van der Waals surface area (Å²) in [6, 6.07) is 8.90. The van der Waals surface area contributed by atoms with Crippen LogP contribution in [0.4, 0.5) is 4.39 Å². The first-order valence-corrected chi connectivity index (χ1v) is 4.87. The van der Waals surface area contributed by atoms with Crippen LogP contribution >= 0.6 is 0 Å². The van der Waals surface area contributed by atoms with Crippen LogP contribution in [0.5, 0.6) is 5.75 Å². The van der Waals surface area contributed by atoms with Crippen LogP contribution in [0.2, 0.25) is 0 Å². The highest BCUT2D eigenvalue weighted by molar-refractivity contribution is 5.92. The molecule has 74 valence electrons. The summed E-state index contributed by atoms with van der Waals surface area (Å²) in [6.07, 6.45) is 3.78. The zero-order chi connectivity index (χ0) is 10.3. The van der Waals surface area contributed by atoms with Crippen molar-refractivity contribution >= 4 is 16.8 Å². The van der Waals surface area contributed by atoms with Gasteiger partial charge in [0, 0.05) is 16.3 Å². The van der Waals surface area contributed by atoms with Crippen LogP contribution in [0.3, 0.4) is 0 Å². The van der Waals surface area contributed by atoms with Gasteiger partial charge < -0.3 is 4.74 Å². The van der Waals surface area contributed by atoms with Crippen LogP contribution in [-0.2, 0) is 0 Å². The Labute approximate surface area is 86.8 Å². The quantitative estimate of drug-likeness (QED) is 0.633. The van der Waals surface area contributed by atoms with Gasteiger partial charge in [0.2, 0.25) is 0 Å². The normalized spacial score (nSPS) is 13.7. The Morgan fingerprint density at radius 3 is 2.80 bits per heavy atom. The second-order valence-corrected chi connectivity index (χ2v) is 3.54. The third-order valence-corrected chi connectivity index (χ3v) is 2.59. The minimum atomic E-state index is -0.195. The van der Waals surface area contributed by atoms with Gasteiger partial charge in [0.1, 0.15) is 18.2 Å². The zero-order valence-corrected chi connectivity index (χ0v) is 8.03. The smallest absolute Gasteiger partial charge is 0.135 e. The van der Waals surface area contributed by atoms with Crippen molar-refractivity contribution in [2.24, 2.45) is 0 Å². The first-order chi connectivity index (χ1) is 7.36. The third-order valence-electron chi connectivity index (χ3n) is 2.59. The molecule has 0 spiro atoms. The van der Waals surface area contributed by atoms with E-state index in [4.69, 9.17) is 4.74 Å². The fraction of sp³-hybridized carbons (Fsp3) is 0.0769. The summed E-state index contributed by atoms with van der Waals surface area (Å²) in [6.45, 7) is 0.558. The van der Waals surface area contributed by atoms with E-state index in [2.05, 4.69) is 0 Å². The van der Waals surface area contributed by atoms with Crippen molar-refractivity contribution in [3.8, 4) is 5.75 Å². The molecule has 0 saturated heterocycles. The maximum atomic E-state index is 13.7. The highest BCUT2D eigenvalue weighted by Gasteiger charge is 2.13. The van der Waals surface area contributed by atoms with E-state index in [-0.39, 0.29) is 5.82 Å². The molecule has 0 radical (unpaired) electrons. The molecule has 1 heterocycles. The van der Waals surface area contributed by atoms with E-state index in [0.29, 0.717) is 12.0 Å².